The molecule has 2 unspecified atom stereocenters. The van der Waals surface area contributed by atoms with Crippen molar-refractivity contribution in [2.24, 2.45) is 0 Å². The van der Waals surface area contributed by atoms with Crippen molar-refractivity contribution in [1.29, 1.82) is 0 Å². The molecule has 0 fully saturated rings. The van der Waals surface area contributed by atoms with E-state index >= 15 is 0 Å². The predicted molar refractivity (Wildman–Crippen MR) is 92.3 cm³/mol. The number of carbonyl (C=O) groups excluding carboxylic acids is 1. The van der Waals surface area contributed by atoms with Crippen molar-refractivity contribution in [3.8, 4) is 5.75 Å². The lowest BCUT2D eigenvalue weighted by Crippen LogP contribution is -2.29. The average molecular weight is 365 g/mol. The van der Waals surface area contributed by atoms with Gasteiger partial charge in [-0.15, -0.1) is 0 Å². The molecule has 134 valence electrons. The summed E-state index contributed by atoms with van der Waals surface area (Å²) in [5.41, 5.74) is 1.20. The fraction of sp³-hybridized carbons (Fsp3) is 0.235. The molecule has 0 bridgehead atoms. The second-order valence-electron chi connectivity index (χ2n) is 5.13. The van der Waals surface area contributed by atoms with Gasteiger partial charge in [-0.2, -0.15) is 0 Å². The summed E-state index contributed by atoms with van der Waals surface area (Å²) in [6, 6.07) is 15.5. The lowest BCUT2D eigenvalue weighted by molar-refractivity contribution is 0.136. The molecule has 2 atom stereocenters. The Morgan fingerprint density at radius 3 is 2.32 bits per heavy atom. The highest BCUT2D eigenvalue weighted by Crippen LogP contribution is 2.54. The van der Waals surface area contributed by atoms with E-state index in [2.05, 4.69) is 9.84 Å². The van der Waals surface area contributed by atoms with Crippen LogP contribution in [-0.2, 0) is 20.4 Å². The summed E-state index contributed by atoms with van der Waals surface area (Å²) < 4.78 is 27.1. The molecule has 0 aliphatic carbocycles. The van der Waals surface area contributed by atoms with Crippen LogP contribution >= 0.6 is 7.60 Å². The molecule has 0 saturated heterocycles. The van der Waals surface area contributed by atoms with E-state index in [1.54, 1.807) is 36.4 Å². The highest BCUT2D eigenvalue weighted by atomic mass is 31.2. The fourth-order valence-corrected chi connectivity index (χ4v) is 3.15. The van der Waals surface area contributed by atoms with Gasteiger partial charge in [0.25, 0.3) is 0 Å². The zero-order chi connectivity index (χ0) is 18.3. The summed E-state index contributed by atoms with van der Waals surface area (Å²) in [6.45, 7) is 0.0463. The Hall–Kier alpha value is -2.34. The van der Waals surface area contributed by atoms with E-state index in [0.717, 1.165) is 12.7 Å². The minimum atomic E-state index is -4.13. The summed E-state index contributed by atoms with van der Waals surface area (Å²) in [7, 11) is -1.51. The van der Waals surface area contributed by atoms with Gasteiger partial charge in [0.05, 0.1) is 7.11 Å². The molecule has 0 aliphatic heterocycles. The zero-order valence-electron chi connectivity index (χ0n) is 13.9. The molecule has 7 nitrogen and oxygen atoms in total. The van der Waals surface area contributed by atoms with E-state index in [4.69, 9.17) is 9.47 Å². The largest absolute Gasteiger partial charge is 0.497 e. The van der Waals surface area contributed by atoms with E-state index < -0.39 is 19.5 Å². The van der Waals surface area contributed by atoms with Gasteiger partial charge in [0.1, 0.15) is 12.4 Å². The number of carbonyl (C=O) groups is 1. The van der Waals surface area contributed by atoms with Crippen LogP contribution in [0.5, 0.6) is 5.75 Å². The van der Waals surface area contributed by atoms with Crippen LogP contribution in [0.1, 0.15) is 16.9 Å². The Bertz CT molecular complexity index is 735. The summed E-state index contributed by atoms with van der Waals surface area (Å²) in [5.74, 6) is -0.675. The standard InChI is InChI=1S/C17H20NO6P/c1-22-15-10-8-14(9-11-15)16(25(20,21)23-2)18-17(19)24-12-13-6-4-3-5-7-13/h3-11,16H,12H2,1-2H3,(H,18,19)(H,20,21). The van der Waals surface area contributed by atoms with Crippen LogP contribution in [0.3, 0.4) is 0 Å². The maximum absolute atomic E-state index is 12.3. The van der Waals surface area contributed by atoms with Crippen molar-refractivity contribution in [3.05, 3.63) is 65.7 Å². The average Bonchev–Trinajstić information content (AvgIpc) is 2.65. The normalized spacial score (nSPS) is 14.2. The molecule has 0 aromatic heterocycles. The highest BCUT2D eigenvalue weighted by molar-refractivity contribution is 7.53. The monoisotopic (exact) mass is 365 g/mol. The van der Waals surface area contributed by atoms with Crippen molar-refractivity contribution in [2.75, 3.05) is 14.2 Å². The third kappa shape index (κ3) is 5.32. The zero-order valence-corrected chi connectivity index (χ0v) is 14.8. The van der Waals surface area contributed by atoms with Crippen molar-refractivity contribution < 1.29 is 28.3 Å². The lowest BCUT2D eigenvalue weighted by atomic mass is 10.2. The third-order valence-corrected chi connectivity index (χ3v) is 5.09. The topological polar surface area (TPSA) is 94.1 Å². The second kappa shape index (κ2) is 8.67. The number of amides is 1. The minimum Gasteiger partial charge on any atom is -0.497 e. The van der Waals surface area contributed by atoms with Gasteiger partial charge in [0.15, 0.2) is 5.78 Å². The molecule has 0 radical (unpaired) electrons. The third-order valence-electron chi connectivity index (χ3n) is 3.49. The minimum absolute atomic E-state index is 0.0463. The maximum atomic E-state index is 12.3. The van der Waals surface area contributed by atoms with Gasteiger partial charge >= 0.3 is 13.7 Å². The molecule has 0 saturated carbocycles. The first-order valence-corrected chi connectivity index (χ1v) is 9.10. The molecule has 0 spiro atoms. The molecule has 2 rings (SSSR count). The molecule has 2 aromatic carbocycles. The van der Waals surface area contributed by atoms with Crippen LogP contribution in [0, 0.1) is 0 Å². The number of ether oxygens (including phenoxy) is 2. The first kappa shape index (κ1) is 19.0. The Kier molecular flexibility index (Phi) is 6.58. The quantitative estimate of drug-likeness (QED) is 0.730. The second-order valence-corrected chi connectivity index (χ2v) is 7.14. The predicted octanol–water partition coefficient (Wildman–Crippen LogP) is 3.45. The number of rotatable bonds is 7. The van der Waals surface area contributed by atoms with Crippen LogP contribution in [0.15, 0.2) is 54.6 Å². The number of hydrogen-bond acceptors (Lipinski definition) is 5. The van der Waals surface area contributed by atoms with E-state index in [1.807, 2.05) is 18.2 Å². The van der Waals surface area contributed by atoms with Crippen molar-refractivity contribution in [1.82, 2.24) is 5.32 Å². The Labute approximate surface area is 146 Å². The summed E-state index contributed by atoms with van der Waals surface area (Å²) >= 11 is 0. The smallest absolute Gasteiger partial charge is 0.408 e. The number of hydrogen-bond donors (Lipinski definition) is 2. The van der Waals surface area contributed by atoms with E-state index in [-0.39, 0.29) is 6.61 Å². The first-order valence-electron chi connectivity index (χ1n) is 7.45. The van der Waals surface area contributed by atoms with Crippen LogP contribution in [-0.4, -0.2) is 25.2 Å². The van der Waals surface area contributed by atoms with Gasteiger partial charge in [-0.25, -0.2) is 4.79 Å². The van der Waals surface area contributed by atoms with Crippen LogP contribution < -0.4 is 10.1 Å². The summed E-state index contributed by atoms with van der Waals surface area (Å²) in [6.07, 6.45) is -0.823. The maximum Gasteiger partial charge on any atom is 0.408 e. The first-order chi connectivity index (χ1) is 12.0. The van der Waals surface area contributed by atoms with E-state index in [1.165, 1.54) is 7.11 Å². The van der Waals surface area contributed by atoms with Crippen LogP contribution in [0.4, 0.5) is 4.79 Å². The fourth-order valence-electron chi connectivity index (χ4n) is 2.12. The lowest BCUT2D eigenvalue weighted by Gasteiger charge is -2.22. The SMILES string of the molecule is COc1ccc(C(NC(=O)OCc2ccccc2)P(=O)(O)OC)cc1. The van der Waals surface area contributed by atoms with Crippen LogP contribution in [0.2, 0.25) is 0 Å². The van der Waals surface area contributed by atoms with E-state index in [9.17, 15) is 14.3 Å². The molecule has 0 heterocycles. The van der Waals surface area contributed by atoms with Gasteiger partial charge in [0, 0.05) is 7.11 Å². The number of nitrogens with one attached hydrogen (secondary N) is 1. The number of methoxy groups -OCH3 is 1. The van der Waals surface area contributed by atoms with Gasteiger partial charge in [-0.05, 0) is 23.3 Å². The van der Waals surface area contributed by atoms with Gasteiger partial charge in [-0.3, -0.25) is 4.57 Å². The summed E-state index contributed by atoms with van der Waals surface area (Å²) in [4.78, 5) is 22.1. The molecule has 2 N–H and O–H groups in total. The highest BCUT2D eigenvalue weighted by Gasteiger charge is 2.34. The molecular formula is C17H20NO6P. The Balaban J connectivity index is 2.10. The molecular weight excluding hydrogens is 345 g/mol. The van der Waals surface area contributed by atoms with Crippen LogP contribution in [0.25, 0.3) is 0 Å². The van der Waals surface area contributed by atoms with Crippen molar-refractivity contribution in [3.63, 3.8) is 0 Å². The van der Waals surface area contributed by atoms with Crippen molar-refractivity contribution in [2.45, 2.75) is 12.4 Å². The Morgan fingerprint density at radius 2 is 1.76 bits per heavy atom. The van der Waals surface area contributed by atoms with Gasteiger partial charge in [0.2, 0.25) is 0 Å². The molecule has 2 aromatic rings. The van der Waals surface area contributed by atoms with Gasteiger partial charge < -0.3 is 24.2 Å². The molecule has 1 amide bonds. The number of benzene rings is 2. The molecule has 25 heavy (non-hydrogen) atoms. The Morgan fingerprint density at radius 1 is 1.12 bits per heavy atom. The van der Waals surface area contributed by atoms with Gasteiger partial charge in [-0.1, -0.05) is 42.5 Å². The molecule has 0 aliphatic rings. The van der Waals surface area contributed by atoms with Crippen molar-refractivity contribution >= 4 is 13.7 Å². The van der Waals surface area contributed by atoms with E-state index in [0.29, 0.717) is 11.3 Å². The molecule has 8 heteroatoms. The number of alkyl carbamates (subject to hydrolysis) is 1. The summed E-state index contributed by atoms with van der Waals surface area (Å²) in [5, 5.41) is 2.39.